The Hall–Kier alpha value is -2.60. The molecule has 1 atom stereocenters. The summed E-state index contributed by atoms with van der Waals surface area (Å²) < 4.78 is 1.78. The van der Waals surface area contributed by atoms with Gasteiger partial charge in [-0.05, 0) is 34.6 Å². The summed E-state index contributed by atoms with van der Waals surface area (Å²) in [5.74, 6) is 0.0320. The number of halogens is 1. The third kappa shape index (κ3) is 3.14. The van der Waals surface area contributed by atoms with Crippen LogP contribution in [0.1, 0.15) is 35.8 Å². The molecule has 0 aliphatic carbocycles. The number of aromatic amines is 1. The van der Waals surface area contributed by atoms with E-state index in [1.54, 1.807) is 28.9 Å². The van der Waals surface area contributed by atoms with E-state index in [1.165, 1.54) is 0 Å². The monoisotopic (exact) mass is 384 g/mol. The maximum absolute atomic E-state index is 13.1. The molecule has 1 saturated heterocycles. The number of carbonyl (C=O) groups is 1. The van der Waals surface area contributed by atoms with Crippen LogP contribution in [0.4, 0.5) is 0 Å². The lowest BCUT2D eigenvalue weighted by Gasteiger charge is -2.24. The number of hydrogen-bond acceptors (Lipinski definition) is 3. The van der Waals surface area contributed by atoms with Crippen LogP contribution in [0.3, 0.4) is 0 Å². The molecule has 6 nitrogen and oxygen atoms in total. The number of amides is 1. The van der Waals surface area contributed by atoms with E-state index >= 15 is 0 Å². The number of hydrogen-bond donors (Lipinski definition) is 1. The molecule has 0 bridgehead atoms. The molecule has 7 heteroatoms. The summed E-state index contributed by atoms with van der Waals surface area (Å²) >= 11 is 5.97. The Morgan fingerprint density at radius 3 is 2.81 bits per heavy atom. The first-order valence-corrected chi connectivity index (χ1v) is 9.23. The Kier molecular flexibility index (Phi) is 4.11. The average molecular weight is 385 g/mol. The van der Waals surface area contributed by atoms with Gasteiger partial charge in [0.2, 0.25) is 0 Å². The summed E-state index contributed by atoms with van der Waals surface area (Å²) in [6, 6.07) is 6.81. The Labute approximate surface area is 161 Å². The predicted molar refractivity (Wildman–Crippen MR) is 105 cm³/mol. The first-order chi connectivity index (χ1) is 12.7. The van der Waals surface area contributed by atoms with E-state index in [0.29, 0.717) is 34.6 Å². The number of carbonyl (C=O) groups excluding carboxylic acids is 1. The van der Waals surface area contributed by atoms with Crippen LogP contribution in [-0.4, -0.2) is 38.7 Å². The van der Waals surface area contributed by atoms with Crippen molar-refractivity contribution in [1.29, 1.82) is 0 Å². The highest BCUT2D eigenvalue weighted by atomic mass is 35.5. The van der Waals surface area contributed by atoms with Crippen LogP contribution in [0.15, 0.2) is 41.5 Å². The van der Waals surface area contributed by atoms with Crippen molar-refractivity contribution >= 4 is 28.3 Å². The molecule has 1 N–H and O–H groups in total. The van der Waals surface area contributed by atoms with Crippen molar-refractivity contribution in [3.63, 3.8) is 0 Å². The van der Waals surface area contributed by atoms with Crippen LogP contribution in [-0.2, 0) is 7.05 Å². The van der Waals surface area contributed by atoms with Crippen LogP contribution in [0.25, 0.3) is 10.8 Å². The molecule has 4 rings (SSSR count). The van der Waals surface area contributed by atoms with E-state index in [4.69, 9.17) is 11.6 Å². The van der Waals surface area contributed by atoms with Gasteiger partial charge < -0.3 is 9.88 Å². The van der Waals surface area contributed by atoms with E-state index in [9.17, 15) is 9.59 Å². The molecular weight excluding hydrogens is 364 g/mol. The van der Waals surface area contributed by atoms with Crippen LogP contribution in [0, 0.1) is 5.41 Å². The minimum atomic E-state index is -0.305. The van der Waals surface area contributed by atoms with Gasteiger partial charge in [0.25, 0.3) is 11.5 Å². The van der Waals surface area contributed by atoms with E-state index in [1.807, 2.05) is 24.3 Å². The second-order valence-corrected chi connectivity index (χ2v) is 8.35. The summed E-state index contributed by atoms with van der Waals surface area (Å²) in [4.78, 5) is 30.0. The quantitative estimate of drug-likeness (QED) is 0.737. The molecular formula is C20H21ClN4O2. The number of H-pyrrole nitrogens is 1. The fourth-order valence-electron chi connectivity index (χ4n) is 3.98. The van der Waals surface area contributed by atoms with Crippen LogP contribution < -0.4 is 5.56 Å². The van der Waals surface area contributed by atoms with Crippen molar-refractivity contribution < 1.29 is 4.79 Å². The number of rotatable bonds is 2. The lowest BCUT2D eigenvalue weighted by atomic mass is 9.79. The molecule has 1 unspecified atom stereocenters. The van der Waals surface area contributed by atoms with Crippen molar-refractivity contribution in [2.75, 3.05) is 13.1 Å². The van der Waals surface area contributed by atoms with Crippen molar-refractivity contribution in [1.82, 2.24) is 19.7 Å². The first-order valence-electron chi connectivity index (χ1n) is 8.85. The molecule has 0 saturated carbocycles. The summed E-state index contributed by atoms with van der Waals surface area (Å²) in [6.07, 6.45) is 3.87. The smallest absolute Gasteiger partial charge is 0.270 e. The Morgan fingerprint density at radius 2 is 2.11 bits per heavy atom. The van der Waals surface area contributed by atoms with Gasteiger partial charge in [-0.3, -0.25) is 14.3 Å². The van der Waals surface area contributed by atoms with Crippen molar-refractivity contribution in [3.05, 3.63) is 63.3 Å². The molecule has 3 aromatic rings. The summed E-state index contributed by atoms with van der Waals surface area (Å²) in [6.45, 7) is 5.52. The molecule has 0 spiro atoms. The summed E-state index contributed by atoms with van der Waals surface area (Å²) in [5.41, 5.74) is 1.04. The fraction of sp³-hybridized carbons (Fsp3) is 0.350. The van der Waals surface area contributed by atoms with Gasteiger partial charge in [-0.25, -0.2) is 0 Å². The number of likely N-dealkylation sites (tertiary alicyclic amines) is 1. The predicted octanol–water partition coefficient (Wildman–Crippen LogP) is 3.18. The van der Waals surface area contributed by atoms with E-state index in [-0.39, 0.29) is 22.8 Å². The summed E-state index contributed by atoms with van der Waals surface area (Å²) in [7, 11) is 1.89. The molecule has 27 heavy (non-hydrogen) atoms. The van der Waals surface area contributed by atoms with Crippen molar-refractivity contribution in [2.24, 2.45) is 12.5 Å². The second kappa shape index (κ2) is 6.23. The van der Waals surface area contributed by atoms with Crippen molar-refractivity contribution in [3.8, 4) is 0 Å². The maximum atomic E-state index is 13.1. The number of fused-ring (bicyclic) bond motifs is 1. The molecule has 1 aliphatic rings. The van der Waals surface area contributed by atoms with Gasteiger partial charge in [-0.15, -0.1) is 0 Å². The second-order valence-electron chi connectivity index (χ2n) is 7.92. The number of benzene rings is 1. The van der Waals surface area contributed by atoms with Crippen LogP contribution in [0.2, 0.25) is 5.02 Å². The number of nitrogens with one attached hydrogen (secondary N) is 1. The number of pyridine rings is 1. The fourth-order valence-corrected chi connectivity index (χ4v) is 4.16. The highest BCUT2D eigenvalue weighted by Gasteiger charge is 2.42. The molecule has 140 valence electrons. The molecule has 3 heterocycles. The zero-order valence-electron chi connectivity index (χ0n) is 15.5. The van der Waals surface area contributed by atoms with Crippen LogP contribution >= 0.6 is 11.6 Å². The van der Waals surface area contributed by atoms with Crippen molar-refractivity contribution in [2.45, 2.75) is 19.8 Å². The Morgan fingerprint density at radius 1 is 1.33 bits per heavy atom. The zero-order valence-corrected chi connectivity index (χ0v) is 16.2. The molecule has 2 aromatic heterocycles. The number of aromatic nitrogens is 3. The van der Waals surface area contributed by atoms with E-state index in [2.05, 4.69) is 23.9 Å². The van der Waals surface area contributed by atoms with Gasteiger partial charge in [0.05, 0.1) is 6.20 Å². The average Bonchev–Trinajstić information content (AvgIpc) is 3.17. The van der Waals surface area contributed by atoms with E-state index < -0.39 is 0 Å². The number of nitrogens with zero attached hydrogens (tertiary/aromatic N) is 3. The normalized spacial score (nSPS) is 19.0. The van der Waals surface area contributed by atoms with Gasteiger partial charge in [0, 0.05) is 42.7 Å². The minimum Gasteiger partial charge on any atom is -0.336 e. The molecule has 1 aromatic carbocycles. The van der Waals surface area contributed by atoms with Gasteiger partial charge >= 0.3 is 0 Å². The minimum absolute atomic E-state index is 0.0800. The van der Waals surface area contributed by atoms with Crippen LogP contribution in [0.5, 0.6) is 0 Å². The highest BCUT2D eigenvalue weighted by molar-refractivity contribution is 6.31. The molecule has 1 aliphatic heterocycles. The van der Waals surface area contributed by atoms with Gasteiger partial charge in [0.15, 0.2) is 0 Å². The third-order valence-electron chi connectivity index (χ3n) is 5.40. The zero-order chi connectivity index (χ0) is 19.3. The standard InChI is InChI=1S/C20H21ClN4O2/c1-20(2)11-25(10-16(20)13-8-22-24(3)9-13)19(27)17-6-12-4-5-14(21)7-15(12)18(26)23-17/h4-9,16H,10-11H2,1-3H3,(H,23,26). The topological polar surface area (TPSA) is 71.0 Å². The Balaban J connectivity index is 1.66. The molecule has 0 radical (unpaired) electrons. The third-order valence-corrected chi connectivity index (χ3v) is 5.63. The van der Waals surface area contributed by atoms with E-state index in [0.717, 1.165) is 5.56 Å². The molecule has 1 fully saturated rings. The SMILES string of the molecule is Cn1cc(C2CN(C(=O)c3cc4ccc(Cl)cc4c(=O)[nH]3)CC2(C)C)cn1. The van der Waals surface area contributed by atoms with Gasteiger partial charge in [0.1, 0.15) is 5.69 Å². The largest absolute Gasteiger partial charge is 0.336 e. The highest BCUT2D eigenvalue weighted by Crippen LogP contribution is 2.42. The Bertz CT molecular complexity index is 1100. The van der Waals surface area contributed by atoms with Gasteiger partial charge in [-0.2, -0.15) is 5.10 Å². The maximum Gasteiger partial charge on any atom is 0.270 e. The first kappa shape index (κ1) is 17.8. The van der Waals surface area contributed by atoms with Gasteiger partial charge in [-0.1, -0.05) is 31.5 Å². The lowest BCUT2D eigenvalue weighted by Crippen LogP contribution is -2.32. The number of aryl methyl sites for hydroxylation is 1. The summed E-state index contributed by atoms with van der Waals surface area (Å²) in [5, 5.41) is 5.94. The lowest BCUT2D eigenvalue weighted by molar-refractivity contribution is 0.0772. The molecule has 1 amide bonds.